The van der Waals surface area contributed by atoms with Crippen molar-refractivity contribution in [3.8, 4) is 17.2 Å². The van der Waals surface area contributed by atoms with Gasteiger partial charge in [0.05, 0.1) is 34.5 Å². The Balaban J connectivity index is 1.51. The normalized spacial score (nSPS) is 14.3. The summed E-state index contributed by atoms with van der Waals surface area (Å²) in [5.74, 6) is 3.12. The molecule has 1 saturated heterocycles. The van der Waals surface area contributed by atoms with E-state index in [2.05, 4.69) is 25.8 Å². The zero-order valence-corrected chi connectivity index (χ0v) is 21.1. The van der Waals surface area contributed by atoms with Crippen LogP contribution in [-0.4, -0.2) is 80.6 Å². The summed E-state index contributed by atoms with van der Waals surface area (Å²) in [5.41, 5.74) is 3.83. The number of fused-ring (bicyclic) bond motifs is 3. The highest BCUT2D eigenvalue weighted by Gasteiger charge is 2.20. The predicted molar refractivity (Wildman–Crippen MR) is 140 cm³/mol. The van der Waals surface area contributed by atoms with Gasteiger partial charge in [-0.05, 0) is 30.7 Å². The Morgan fingerprint density at radius 1 is 1.03 bits per heavy atom. The summed E-state index contributed by atoms with van der Waals surface area (Å²) in [5, 5.41) is 1.01. The molecule has 190 valence electrons. The molecule has 9 heteroatoms. The molecule has 1 N–H and O–H groups in total. The molecule has 4 aromatic rings. The second-order valence-corrected chi connectivity index (χ2v) is 8.84. The third-order valence-corrected chi connectivity index (χ3v) is 6.72. The van der Waals surface area contributed by atoms with E-state index in [1.165, 1.54) is 0 Å². The minimum atomic E-state index is 0.619. The Bertz CT molecular complexity index is 1320. The van der Waals surface area contributed by atoms with Crippen LogP contribution in [0.4, 0.5) is 5.82 Å². The van der Waals surface area contributed by atoms with Crippen LogP contribution >= 0.6 is 0 Å². The molecule has 0 amide bonds. The summed E-state index contributed by atoms with van der Waals surface area (Å²) in [6.45, 7) is 6.01. The molecular formula is C27H33N5O4. The molecule has 5 rings (SSSR count). The molecule has 36 heavy (non-hydrogen) atoms. The number of morpholine rings is 1. The number of aromatic amines is 1. The molecular weight excluding hydrogens is 458 g/mol. The van der Waals surface area contributed by atoms with Gasteiger partial charge in [0.25, 0.3) is 0 Å². The van der Waals surface area contributed by atoms with Gasteiger partial charge in [-0.15, -0.1) is 0 Å². The summed E-state index contributed by atoms with van der Waals surface area (Å²) in [7, 11) is 5.01. The second kappa shape index (κ2) is 11.0. The van der Waals surface area contributed by atoms with Gasteiger partial charge >= 0.3 is 0 Å². The SMILES string of the molecule is COc1ccc2[nH]c3c(N(CCCN4CCOCC4)Cc4cccc(OC)c4OC)ncnc3c2c1. The van der Waals surface area contributed by atoms with Gasteiger partial charge in [0.2, 0.25) is 0 Å². The maximum absolute atomic E-state index is 5.74. The zero-order chi connectivity index (χ0) is 24.9. The van der Waals surface area contributed by atoms with Crippen LogP contribution in [0, 0.1) is 0 Å². The molecule has 0 spiro atoms. The molecule has 0 aliphatic carbocycles. The Morgan fingerprint density at radius 3 is 2.67 bits per heavy atom. The number of ether oxygens (including phenoxy) is 4. The maximum atomic E-state index is 5.74. The van der Waals surface area contributed by atoms with Crippen LogP contribution in [0.3, 0.4) is 0 Å². The van der Waals surface area contributed by atoms with E-state index >= 15 is 0 Å². The number of benzene rings is 2. The lowest BCUT2D eigenvalue weighted by Crippen LogP contribution is -2.38. The van der Waals surface area contributed by atoms with Gasteiger partial charge in [-0.2, -0.15) is 0 Å². The number of nitrogens with one attached hydrogen (secondary N) is 1. The van der Waals surface area contributed by atoms with Crippen LogP contribution < -0.4 is 19.1 Å². The van der Waals surface area contributed by atoms with Crippen LogP contribution in [0.15, 0.2) is 42.7 Å². The minimum Gasteiger partial charge on any atom is -0.497 e. The lowest BCUT2D eigenvalue weighted by molar-refractivity contribution is 0.0376. The number of hydrogen-bond donors (Lipinski definition) is 1. The highest BCUT2D eigenvalue weighted by molar-refractivity contribution is 6.08. The molecule has 1 aliphatic rings. The number of methoxy groups -OCH3 is 3. The first-order chi connectivity index (χ1) is 17.7. The summed E-state index contributed by atoms with van der Waals surface area (Å²) in [6, 6.07) is 12.0. The number of aromatic nitrogens is 3. The quantitative estimate of drug-likeness (QED) is 0.358. The van der Waals surface area contributed by atoms with E-state index < -0.39 is 0 Å². The van der Waals surface area contributed by atoms with Crippen molar-refractivity contribution in [2.24, 2.45) is 0 Å². The van der Waals surface area contributed by atoms with Gasteiger partial charge in [-0.1, -0.05) is 12.1 Å². The van der Waals surface area contributed by atoms with E-state index in [4.69, 9.17) is 23.9 Å². The predicted octanol–water partition coefficient (Wildman–Crippen LogP) is 3.87. The fourth-order valence-corrected chi connectivity index (χ4v) is 4.88. The van der Waals surface area contributed by atoms with E-state index in [9.17, 15) is 0 Å². The van der Waals surface area contributed by atoms with Crippen molar-refractivity contribution in [2.45, 2.75) is 13.0 Å². The molecule has 0 radical (unpaired) electrons. The largest absolute Gasteiger partial charge is 0.497 e. The average molecular weight is 492 g/mol. The first kappa shape index (κ1) is 24.1. The number of rotatable bonds is 10. The summed E-state index contributed by atoms with van der Waals surface area (Å²) in [6.07, 6.45) is 2.63. The fourth-order valence-electron chi connectivity index (χ4n) is 4.88. The van der Waals surface area contributed by atoms with E-state index in [1.807, 2.05) is 30.3 Å². The van der Waals surface area contributed by atoms with E-state index in [1.54, 1.807) is 27.7 Å². The second-order valence-electron chi connectivity index (χ2n) is 8.84. The van der Waals surface area contributed by atoms with Gasteiger partial charge in [-0.25, -0.2) is 9.97 Å². The first-order valence-electron chi connectivity index (χ1n) is 12.3. The van der Waals surface area contributed by atoms with E-state index in [0.29, 0.717) is 12.3 Å². The smallest absolute Gasteiger partial charge is 0.165 e. The standard InChI is InChI=1S/C27H33N5O4/c1-33-20-8-9-22-21(16-20)24-25(30-22)27(29-18-28-24)32(11-5-10-31-12-14-36-15-13-31)17-19-6-4-7-23(34-2)26(19)35-3/h4,6-9,16,18,30H,5,10-15,17H2,1-3H3. The molecule has 2 aromatic heterocycles. The molecule has 1 aliphatic heterocycles. The maximum Gasteiger partial charge on any atom is 0.165 e. The number of hydrogen-bond acceptors (Lipinski definition) is 8. The van der Waals surface area contributed by atoms with Gasteiger partial charge < -0.3 is 28.8 Å². The lowest BCUT2D eigenvalue weighted by atomic mass is 10.1. The first-order valence-corrected chi connectivity index (χ1v) is 12.3. The monoisotopic (exact) mass is 491 g/mol. The molecule has 0 unspecified atom stereocenters. The van der Waals surface area contributed by atoms with Crippen molar-refractivity contribution < 1.29 is 18.9 Å². The van der Waals surface area contributed by atoms with Crippen LogP contribution in [0.2, 0.25) is 0 Å². The van der Waals surface area contributed by atoms with Gasteiger partial charge in [0.1, 0.15) is 23.1 Å². The molecule has 9 nitrogen and oxygen atoms in total. The van der Waals surface area contributed by atoms with Crippen LogP contribution in [0.1, 0.15) is 12.0 Å². The van der Waals surface area contributed by atoms with Gasteiger partial charge in [0.15, 0.2) is 17.3 Å². The fraction of sp³-hybridized carbons (Fsp3) is 0.407. The van der Waals surface area contributed by atoms with Crippen molar-refractivity contribution in [2.75, 3.05) is 65.6 Å². The molecule has 3 heterocycles. The number of H-pyrrole nitrogens is 1. The van der Waals surface area contributed by atoms with E-state index in [0.717, 1.165) is 90.6 Å². The van der Waals surface area contributed by atoms with Crippen LogP contribution in [0.5, 0.6) is 17.2 Å². The highest BCUT2D eigenvalue weighted by Crippen LogP contribution is 2.35. The summed E-state index contributed by atoms with van der Waals surface area (Å²) in [4.78, 5) is 17.7. The van der Waals surface area contributed by atoms with Gasteiger partial charge in [0, 0.05) is 49.2 Å². The van der Waals surface area contributed by atoms with Crippen molar-refractivity contribution >= 4 is 27.8 Å². The number of nitrogens with zero attached hydrogens (tertiary/aromatic N) is 4. The zero-order valence-electron chi connectivity index (χ0n) is 21.1. The number of anilines is 1. The Hall–Kier alpha value is -3.56. The van der Waals surface area contributed by atoms with E-state index in [-0.39, 0.29) is 0 Å². The minimum absolute atomic E-state index is 0.619. The molecule has 0 saturated carbocycles. The number of para-hydroxylation sites is 1. The molecule has 0 atom stereocenters. The highest BCUT2D eigenvalue weighted by atomic mass is 16.5. The molecule has 0 bridgehead atoms. The summed E-state index contributed by atoms with van der Waals surface area (Å²) < 4.78 is 22.2. The Labute approximate surface area is 210 Å². The van der Waals surface area contributed by atoms with Crippen molar-refractivity contribution in [3.05, 3.63) is 48.3 Å². The van der Waals surface area contributed by atoms with Crippen LogP contribution in [0.25, 0.3) is 21.9 Å². The Morgan fingerprint density at radius 2 is 1.89 bits per heavy atom. The third kappa shape index (κ3) is 4.89. The van der Waals surface area contributed by atoms with Crippen molar-refractivity contribution in [3.63, 3.8) is 0 Å². The van der Waals surface area contributed by atoms with Crippen LogP contribution in [-0.2, 0) is 11.3 Å². The summed E-state index contributed by atoms with van der Waals surface area (Å²) >= 11 is 0. The van der Waals surface area contributed by atoms with Gasteiger partial charge in [-0.3, -0.25) is 4.90 Å². The molecule has 1 fully saturated rings. The lowest BCUT2D eigenvalue weighted by Gasteiger charge is -2.29. The Kier molecular flexibility index (Phi) is 7.39. The van der Waals surface area contributed by atoms with Crippen molar-refractivity contribution in [1.82, 2.24) is 19.9 Å². The van der Waals surface area contributed by atoms with Crippen molar-refractivity contribution in [1.29, 1.82) is 0 Å². The third-order valence-electron chi connectivity index (χ3n) is 6.72. The topological polar surface area (TPSA) is 85.0 Å². The average Bonchev–Trinajstić information content (AvgIpc) is 3.31. The molecule has 2 aromatic carbocycles.